The summed E-state index contributed by atoms with van der Waals surface area (Å²) < 4.78 is 11.5. The van der Waals surface area contributed by atoms with Crippen molar-refractivity contribution in [1.29, 1.82) is 0 Å². The third-order valence-corrected chi connectivity index (χ3v) is 6.27. The molecule has 0 saturated heterocycles. The van der Waals surface area contributed by atoms with Gasteiger partial charge in [-0.25, -0.2) is 4.98 Å². The molecule has 3 aromatic heterocycles. The second-order valence-corrected chi connectivity index (χ2v) is 8.20. The molecule has 4 rings (SSSR count). The van der Waals surface area contributed by atoms with Gasteiger partial charge < -0.3 is 14.5 Å². The lowest BCUT2D eigenvalue weighted by Gasteiger charge is -2.04. The third kappa shape index (κ3) is 4.06. The molecule has 0 amide bonds. The van der Waals surface area contributed by atoms with E-state index >= 15 is 0 Å². The van der Waals surface area contributed by atoms with Crippen molar-refractivity contribution >= 4 is 45.3 Å². The molecule has 0 spiro atoms. The Bertz CT molecular complexity index is 981. The van der Waals surface area contributed by atoms with Gasteiger partial charge in [0.05, 0.1) is 19.1 Å². The number of benzene rings is 1. The fourth-order valence-corrected chi connectivity index (χ4v) is 4.72. The van der Waals surface area contributed by atoms with Crippen LogP contribution in [-0.2, 0) is 5.75 Å². The molecule has 4 aromatic rings. The van der Waals surface area contributed by atoms with E-state index in [2.05, 4.69) is 20.5 Å². The van der Waals surface area contributed by atoms with Crippen LogP contribution in [0, 0.1) is 0 Å². The Labute approximate surface area is 162 Å². The minimum absolute atomic E-state index is 0.741. The SMILES string of the molecule is COc1cccc(Nc2nnc(SCc3csc(-c4ccco4)n3)s2)c1. The Hall–Kier alpha value is -2.36. The van der Waals surface area contributed by atoms with Gasteiger partial charge in [0.1, 0.15) is 5.75 Å². The Morgan fingerprint density at radius 1 is 1.23 bits per heavy atom. The van der Waals surface area contributed by atoms with Gasteiger partial charge in [0.25, 0.3) is 0 Å². The summed E-state index contributed by atoms with van der Waals surface area (Å²) in [7, 11) is 1.65. The Kier molecular flexibility index (Phi) is 5.19. The molecular formula is C17H14N4O2S3. The van der Waals surface area contributed by atoms with Crippen LogP contribution in [0.15, 0.2) is 56.8 Å². The van der Waals surface area contributed by atoms with Crippen LogP contribution in [0.25, 0.3) is 10.8 Å². The Morgan fingerprint density at radius 3 is 3.04 bits per heavy atom. The summed E-state index contributed by atoms with van der Waals surface area (Å²) in [5.41, 5.74) is 1.92. The van der Waals surface area contributed by atoms with Crippen molar-refractivity contribution in [3.8, 4) is 16.5 Å². The van der Waals surface area contributed by atoms with Crippen LogP contribution >= 0.6 is 34.4 Å². The van der Waals surface area contributed by atoms with E-state index in [4.69, 9.17) is 9.15 Å². The molecule has 0 fully saturated rings. The summed E-state index contributed by atoms with van der Waals surface area (Å²) in [6, 6.07) is 11.5. The van der Waals surface area contributed by atoms with E-state index in [0.717, 1.165) is 43.1 Å². The zero-order valence-corrected chi connectivity index (χ0v) is 16.2. The summed E-state index contributed by atoms with van der Waals surface area (Å²) >= 11 is 4.71. The molecule has 1 N–H and O–H groups in total. The second kappa shape index (κ2) is 7.90. The van der Waals surface area contributed by atoms with Crippen molar-refractivity contribution in [3.63, 3.8) is 0 Å². The van der Waals surface area contributed by atoms with E-state index < -0.39 is 0 Å². The maximum Gasteiger partial charge on any atom is 0.210 e. The highest BCUT2D eigenvalue weighted by Crippen LogP contribution is 2.32. The van der Waals surface area contributed by atoms with E-state index in [0.29, 0.717) is 0 Å². The lowest BCUT2D eigenvalue weighted by molar-refractivity contribution is 0.415. The van der Waals surface area contributed by atoms with E-state index in [1.54, 1.807) is 36.5 Å². The van der Waals surface area contributed by atoms with Gasteiger partial charge in [0.2, 0.25) is 5.13 Å². The second-order valence-electron chi connectivity index (χ2n) is 5.14. The summed E-state index contributed by atoms with van der Waals surface area (Å²) in [5, 5.41) is 15.3. The highest BCUT2D eigenvalue weighted by molar-refractivity contribution is 8.00. The predicted octanol–water partition coefficient (Wildman–Crippen LogP) is 5.30. The van der Waals surface area contributed by atoms with Crippen LogP contribution in [0.4, 0.5) is 10.8 Å². The normalized spacial score (nSPS) is 10.8. The number of methoxy groups -OCH3 is 1. The third-order valence-electron chi connectivity index (χ3n) is 3.35. The largest absolute Gasteiger partial charge is 0.497 e. The van der Waals surface area contributed by atoms with Crippen molar-refractivity contribution in [1.82, 2.24) is 15.2 Å². The number of aromatic nitrogens is 3. The molecular weight excluding hydrogens is 388 g/mol. The van der Waals surface area contributed by atoms with Gasteiger partial charge in [0, 0.05) is 22.9 Å². The first kappa shape index (κ1) is 17.1. The quantitative estimate of drug-likeness (QED) is 0.421. The van der Waals surface area contributed by atoms with Gasteiger partial charge in [-0.15, -0.1) is 21.5 Å². The van der Waals surface area contributed by atoms with Crippen LogP contribution in [0.3, 0.4) is 0 Å². The number of nitrogens with zero attached hydrogens (tertiary/aromatic N) is 3. The van der Waals surface area contributed by atoms with E-state index in [1.165, 1.54) is 11.3 Å². The first-order chi connectivity index (χ1) is 12.8. The molecule has 0 aliphatic rings. The summed E-state index contributed by atoms with van der Waals surface area (Å²) in [6.45, 7) is 0. The van der Waals surface area contributed by atoms with Crippen molar-refractivity contribution < 1.29 is 9.15 Å². The summed E-state index contributed by atoms with van der Waals surface area (Å²) in [5.74, 6) is 2.34. The number of furan rings is 1. The molecule has 1 aromatic carbocycles. The molecule has 6 nitrogen and oxygen atoms in total. The zero-order valence-electron chi connectivity index (χ0n) is 13.7. The van der Waals surface area contributed by atoms with Crippen molar-refractivity contribution in [2.24, 2.45) is 0 Å². The highest BCUT2D eigenvalue weighted by atomic mass is 32.2. The summed E-state index contributed by atoms with van der Waals surface area (Å²) in [4.78, 5) is 4.59. The maximum absolute atomic E-state index is 5.38. The Morgan fingerprint density at radius 2 is 2.19 bits per heavy atom. The number of rotatable bonds is 7. The van der Waals surface area contributed by atoms with Gasteiger partial charge in [-0.3, -0.25) is 0 Å². The average Bonchev–Trinajstić information content (AvgIpc) is 3.41. The van der Waals surface area contributed by atoms with Crippen LogP contribution < -0.4 is 10.1 Å². The standard InChI is InChI=1S/C17H14N4O2S3/c1-22-13-5-2-4-11(8-13)19-16-20-21-17(26-16)25-10-12-9-24-15(18-12)14-6-3-7-23-14/h2-9H,10H2,1H3,(H,19,20). The van der Waals surface area contributed by atoms with Gasteiger partial charge in [0.15, 0.2) is 15.1 Å². The van der Waals surface area contributed by atoms with Crippen molar-refractivity contribution in [2.75, 3.05) is 12.4 Å². The molecule has 0 aliphatic heterocycles. The highest BCUT2D eigenvalue weighted by Gasteiger charge is 2.10. The van der Waals surface area contributed by atoms with Crippen LogP contribution in [0.2, 0.25) is 0 Å². The van der Waals surface area contributed by atoms with Gasteiger partial charge in [-0.05, 0) is 24.3 Å². The van der Waals surface area contributed by atoms with Crippen molar-refractivity contribution in [3.05, 3.63) is 53.7 Å². The molecule has 3 heterocycles. The fraction of sp³-hybridized carbons (Fsp3) is 0.118. The lowest BCUT2D eigenvalue weighted by atomic mass is 10.3. The predicted molar refractivity (Wildman–Crippen MR) is 106 cm³/mol. The molecule has 0 atom stereocenters. The van der Waals surface area contributed by atoms with Crippen LogP contribution in [0.1, 0.15) is 5.69 Å². The number of ether oxygens (including phenoxy) is 1. The molecule has 132 valence electrons. The molecule has 9 heteroatoms. The topological polar surface area (TPSA) is 73.1 Å². The maximum atomic E-state index is 5.38. The van der Waals surface area contributed by atoms with Crippen LogP contribution in [-0.4, -0.2) is 22.3 Å². The molecule has 26 heavy (non-hydrogen) atoms. The minimum Gasteiger partial charge on any atom is -0.497 e. The number of thioether (sulfide) groups is 1. The molecule has 0 bridgehead atoms. The van der Waals surface area contributed by atoms with Crippen molar-refractivity contribution in [2.45, 2.75) is 10.1 Å². The van der Waals surface area contributed by atoms with Crippen LogP contribution in [0.5, 0.6) is 5.75 Å². The molecule has 0 radical (unpaired) electrons. The lowest BCUT2D eigenvalue weighted by Crippen LogP contribution is -1.90. The minimum atomic E-state index is 0.741. The Balaban J connectivity index is 1.36. The summed E-state index contributed by atoms with van der Waals surface area (Å²) in [6.07, 6.45) is 1.66. The monoisotopic (exact) mass is 402 g/mol. The zero-order chi connectivity index (χ0) is 17.8. The van der Waals surface area contributed by atoms with Gasteiger partial charge >= 0.3 is 0 Å². The van der Waals surface area contributed by atoms with E-state index in [9.17, 15) is 0 Å². The first-order valence-electron chi connectivity index (χ1n) is 7.66. The number of nitrogens with one attached hydrogen (secondary N) is 1. The number of hydrogen-bond donors (Lipinski definition) is 1. The number of hydrogen-bond acceptors (Lipinski definition) is 9. The fourth-order valence-electron chi connectivity index (χ4n) is 2.17. The van der Waals surface area contributed by atoms with Gasteiger partial charge in [-0.2, -0.15) is 0 Å². The smallest absolute Gasteiger partial charge is 0.210 e. The van der Waals surface area contributed by atoms with E-state index in [-0.39, 0.29) is 0 Å². The van der Waals surface area contributed by atoms with E-state index in [1.807, 2.05) is 41.8 Å². The van der Waals surface area contributed by atoms with Gasteiger partial charge in [-0.1, -0.05) is 29.2 Å². The molecule has 0 aliphatic carbocycles. The molecule has 0 unspecified atom stereocenters. The molecule has 0 saturated carbocycles. The number of thiazole rings is 1. The number of anilines is 2. The first-order valence-corrected chi connectivity index (χ1v) is 10.3. The average molecular weight is 403 g/mol.